The fourth-order valence-electron chi connectivity index (χ4n) is 2.34. The first-order chi connectivity index (χ1) is 8.72. The molecule has 1 N–H and O–H groups in total. The van der Waals surface area contributed by atoms with Gasteiger partial charge in [-0.15, -0.1) is 0 Å². The number of hydrogen-bond donors (Lipinski definition) is 1. The van der Waals surface area contributed by atoms with Crippen molar-refractivity contribution < 1.29 is 0 Å². The van der Waals surface area contributed by atoms with Gasteiger partial charge in [0.2, 0.25) is 0 Å². The Morgan fingerprint density at radius 3 is 2.72 bits per heavy atom. The van der Waals surface area contributed by atoms with Gasteiger partial charge in [0, 0.05) is 10.7 Å². The van der Waals surface area contributed by atoms with Crippen LogP contribution >= 0.6 is 15.9 Å². The van der Waals surface area contributed by atoms with E-state index in [9.17, 15) is 0 Å². The molecule has 2 unspecified atom stereocenters. The highest BCUT2D eigenvalue weighted by Gasteiger charge is 2.18. The van der Waals surface area contributed by atoms with E-state index in [0.29, 0.717) is 6.04 Å². The van der Waals surface area contributed by atoms with Crippen molar-refractivity contribution in [2.45, 2.75) is 52.0 Å². The van der Waals surface area contributed by atoms with Crippen molar-refractivity contribution in [2.75, 3.05) is 7.05 Å². The average molecular weight is 313 g/mol. The van der Waals surface area contributed by atoms with Crippen molar-refractivity contribution in [1.29, 1.82) is 0 Å². The Balaban J connectivity index is 2.68. The van der Waals surface area contributed by atoms with Gasteiger partial charge in [-0.3, -0.25) is 4.98 Å². The number of aromatic nitrogens is 1. The van der Waals surface area contributed by atoms with Crippen LogP contribution in [-0.4, -0.2) is 12.0 Å². The molecule has 102 valence electrons. The number of hydrogen-bond acceptors (Lipinski definition) is 2. The first-order valence-electron chi connectivity index (χ1n) is 7.00. The summed E-state index contributed by atoms with van der Waals surface area (Å²) in [6.07, 6.45) is 8.24. The van der Waals surface area contributed by atoms with E-state index < -0.39 is 0 Å². The summed E-state index contributed by atoms with van der Waals surface area (Å²) in [6, 6.07) is 4.39. The summed E-state index contributed by atoms with van der Waals surface area (Å²) in [5, 5.41) is 3.41. The largest absolute Gasteiger partial charge is 0.312 e. The predicted octanol–water partition coefficient (Wildman–Crippen LogP) is 4.71. The molecule has 2 nitrogen and oxygen atoms in total. The van der Waals surface area contributed by atoms with Crippen LogP contribution in [0.4, 0.5) is 0 Å². The maximum Gasteiger partial charge on any atom is 0.0714 e. The molecule has 1 heterocycles. The van der Waals surface area contributed by atoms with Gasteiger partial charge in [-0.2, -0.15) is 0 Å². The predicted molar refractivity (Wildman–Crippen MR) is 81.7 cm³/mol. The molecule has 1 aromatic heterocycles. The summed E-state index contributed by atoms with van der Waals surface area (Å²) in [7, 11) is 2.03. The summed E-state index contributed by atoms with van der Waals surface area (Å²) in [4.78, 5) is 4.51. The summed E-state index contributed by atoms with van der Waals surface area (Å²) < 4.78 is 1.11. The lowest BCUT2D eigenvalue weighted by Crippen LogP contribution is -2.21. The van der Waals surface area contributed by atoms with E-state index in [1.54, 1.807) is 0 Å². The first kappa shape index (κ1) is 15.6. The third-order valence-corrected chi connectivity index (χ3v) is 4.25. The second-order valence-electron chi connectivity index (χ2n) is 4.86. The monoisotopic (exact) mass is 312 g/mol. The van der Waals surface area contributed by atoms with Crippen LogP contribution < -0.4 is 5.32 Å². The first-order valence-corrected chi connectivity index (χ1v) is 7.79. The highest BCUT2D eigenvalue weighted by atomic mass is 79.9. The maximum atomic E-state index is 4.51. The summed E-state index contributed by atoms with van der Waals surface area (Å²) in [5.41, 5.74) is 1.13. The lowest BCUT2D eigenvalue weighted by molar-refractivity contribution is 0.360. The number of pyridine rings is 1. The van der Waals surface area contributed by atoms with Crippen LogP contribution in [0.2, 0.25) is 0 Å². The van der Waals surface area contributed by atoms with Crippen LogP contribution in [0.25, 0.3) is 0 Å². The van der Waals surface area contributed by atoms with Gasteiger partial charge in [0.1, 0.15) is 0 Å². The lowest BCUT2D eigenvalue weighted by atomic mass is 9.91. The van der Waals surface area contributed by atoms with Crippen molar-refractivity contribution in [3.8, 4) is 0 Å². The van der Waals surface area contributed by atoms with Crippen molar-refractivity contribution in [1.82, 2.24) is 10.3 Å². The van der Waals surface area contributed by atoms with Gasteiger partial charge in [0.25, 0.3) is 0 Å². The highest BCUT2D eigenvalue weighted by molar-refractivity contribution is 9.10. The van der Waals surface area contributed by atoms with Gasteiger partial charge in [0.15, 0.2) is 0 Å². The topological polar surface area (TPSA) is 24.9 Å². The van der Waals surface area contributed by atoms with Crippen molar-refractivity contribution >= 4 is 15.9 Å². The van der Waals surface area contributed by atoms with Gasteiger partial charge in [-0.1, -0.05) is 39.5 Å². The molecule has 2 atom stereocenters. The molecule has 0 saturated carbocycles. The molecule has 0 spiro atoms. The lowest BCUT2D eigenvalue weighted by Gasteiger charge is -2.22. The Kier molecular flexibility index (Phi) is 7.52. The molecule has 0 aromatic carbocycles. The number of unbranched alkanes of at least 4 members (excludes halogenated alkanes) is 1. The van der Waals surface area contributed by atoms with Gasteiger partial charge in [-0.25, -0.2) is 0 Å². The number of nitrogens with one attached hydrogen (secondary N) is 1. The second kappa shape index (κ2) is 8.65. The fourth-order valence-corrected chi connectivity index (χ4v) is 2.87. The van der Waals surface area contributed by atoms with E-state index in [2.05, 4.69) is 46.1 Å². The van der Waals surface area contributed by atoms with E-state index in [4.69, 9.17) is 0 Å². The third kappa shape index (κ3) is 4.69. The second-order valence-corrected chi connectivity index (χ2v) is 5.72. The molecule has 1 aromatic rings. The standard InChI is InChI=1S/C15H25BrN2/c1-4-6-8-12(5-2)11-14(17-3)15-13(16)9-7-10-18-15/h7,9-10,12,14,17H,4-6,8,11H2,1-3H3. The number of nitrogens with zero attached hydrogens (tertiary/aromatic N) is 1. The Bertz CT molecular complexity index is 341. The quantitative estimate of drug-likeness (QED) is 0.752. The number of halogens is 1. The van der Waals surface area contributed by atoms with Crippen LogP contribution in [0.15, 0.2) is 22.8 Å². The summed E-state index contributed by atoms with van der Waals surface area (Å²) in [5.74, 6) is 0.788. The minimum absolute atomic E-state index is 0.349. The van der Waals surface area contributed by atoms with Gasteiger partial charge in [-0.05, 0) is 47.4 Å². The average Bonchev–Trinajstić information content (AvgIpc) is 2.40. The van der Waals surface area contributed by atoms with Gasteiger partial charge >= 0.3 is 0 Å². The Morgan fingerprint density at radius 2 is 2.17 bits per heavy atom. The molecule has 0 aliphatic heterocycles. The summed E-state index contributed by atoms with van der Waals surface area (Å²) >= 11 is 3.60. The van der Waals surface area contributed by atoms with Crippen LogP contribution in [0.1, 0.15) is 57.7 Å². The maximum absolute atomic E-state index is 4.51. The van der Waals surface area contributed by atoms with Crippen molar-refractivity contribution in [3.63, 3.8) is 0 Å². The molecule has 0 saturated heterocycles. The molecule has 0 bridgehead atoms. The van der Waals surface area contributed by atoms with E-state index in [1.165, 1.54) is 32.1 Å². The van der Waals surface area contributed by atoms with Crippen LogP contribution in [0.3, 0.4) is 0 Å². The Hall–Kier alpha value is -0.410. The van der Waals surface area contributed by atoms with Crippen LogP contribution in [-0.2, 0) is 0 Å². The van der Waals surface area contributed by atoms with Crippen LogP contribution in [0, 0.1) is 5.92 Å². The number of rotatable bonds is 8. The zero-order valence-corrected chi connectivity index (χ0v) is 13.3. The zero-order valence-electron chi connectivity index (χ0n) is 11.7. The molecule has 0 aliphatic rings. The van der Waals surface area contributed by atoms with E-state index in [0.717, 1.165) is 16.1 Å². The molecule has 18 heavy (non-hydrogen) atoms. The Morgan fingerprint density at radius 1 is 1.39 bits per heavy atom. The molecular weight excluding hydrogens is 288 g/mol. The highest BCUT2D eigenvalue weighted by Crippen LogP contribution is 2.29. The van der Waals surface area contributed by atoms with E-state index >= 15 is 0 Å². The van der Waals surface area contributed by atoms with Gasteiger partial charge in [0.05, 0.1) is 11.7 Å². The molecule has 0 fully saturated rings. The van der Waals surface area contributed by atoms with Crippen molar-refractivity contribution in [3.05, 3.63) is 28.5 Å². The van der Waals surface area contributed by atoms with Crippen molar-refractivity contribution in [2.24, 2.45) is 5.92 Å². The molecule has 0 radical (unpaired) electrons. The van der Waals surface area contributed by atoms with E-state index in [1.807, 2.05) is 19.3 Å². The minimum Gasteiger partial charge on any atom is -0.312 e. The molecule has 3 heteroatoms. The molecule has 0 aliphatic carbocycles. The fraction of sp³-hybridized carbons (Fsp3) is 0.667. The van der Waals surface area contributed by atoms with Crippen LogP contribution in [0.5, 0.6) is 0 Å². The van der Waals surface area contributed by atoms with E-state index in [-0.39, 0.29) is 0 Å². The molecular formula is C15H25BrN2. The smallest absolute Gasteiger partial charge is 0.0714 e. The molecule has 1 rings (SSSR count). The minimum atomic E-state index is 0.349. The summed E-state index contributed by atoms with van der Waals surface area (Å²) in [6.45, 7) is 4.55. The SMILES string of the molecule is CCCCC(CC)CC(NC)c1ncccc1Br. The van der Waals surface area contributed by atoms with Gasteiger partial charge < -0.3 is 5.32 Å². The normalized spacial score (nSPS) is 14.4. The molecule has 0 amide bonds. The zero-order chi connectivity index (χ0) is 13.4. The Labute approximate surface area is 120 Å². The third-order valence-electron chi connectivity index (χ3n) is 3.58.